The first-order valence-corrected chi connectivity index (χ1v) is 7.11. The number of aromatic nitrogens is 2. The number of hydrogen-bond donors (Lipinski definition) is 2. The van der Waals surface area contributed by atoms with Gasteiger partial charge in [-0.05, 0) is 25.3 Å². The fraction of sp³-hybridized carbons (Fsp3) is 0.583. The van der Waals surface area contributed by atoms with Crippen molar-refractivity contribution in [1.82, 2.24) is 15.3 Å². The van der Waals surface area contributed by atoms with Gasteiger partial charge in [0.25, 0.3) is 0 Å². The van der Waals surface area contributed by atoms with Gasteiger partial charge in [-0.3, -0.25) is 9.78 Å². The highest BCUT2D eigenvalue weighted by Gasteiger charge is 2.49. The summed E-state index contributed by atoms with van der Waals surface area (Å²) in [6, 6.07) is 0. The van der Waals surface area contributed by atoms with E-state index in [1.165, 1.54) is 11.8 Å². The van der Waals surface area contributed by atoms with Crippen LogP contribution in [0.3, 0.4) is 0 Å². The normalized spacial score (nSPS) is 18.3. The van der Waals surface area contributed by atoms with Crippen LogP contribution in [0.5, 0.6) is 0 Å². The average molecular weight is 266 g/mol. The molecule has 1 aliphatic carbocycles. The van der Waals surface area contributed by atoms with Crippen molar-refractivity contribution in [3.05, 3.63) is 18.6 Å². The predicted octanol–water partition coefficient (Wildman–Crippen LogP) is 0.812. The van der Waals surface area contributed by atoms with E-state index in [0.29, 0.717) is 11.7 Å². The Morgan fingerprint density at radius 3 is 2.89 bits per heavy atom. The number of thioether (sulfide) groups is 1. The Kier molecular flexibility index (Phi) is 4.19. The lowest BCUT2D eigenvalue weighted by Crippen LogP contribution is -2.59. The third-order valence-corrected chi connectivity index (χ3v) is 4.30. The molecule has 0 spiro atoms. The predicted molar refractivity (Wildman–Crippen MR) is 71.1 cm³/mol. The maximum atomic E-state index is 11.8. The molecular formula is C12H18N4OS. The Balaban J connectivity index is 2.07. The zero-order valence-electron chi connectivity index (χ0n) is 10.4. The topological polar surface area (TPSA) is 80.9 Å². The Labute approximate surface area is 111 Å². The Hall–Kier alpha value is -1.14. The summed E-state index contributed by atoms with van der Waals surface area (Å²) >= 11 is 1.53. The van der Waals surface area contributed by atoms with E-state index in [1.807, 2.05) is 6.92 Å². The fourth-order valence-electron chi connectivity index (χ4n) is 2.11. The summed E-state index contributed by atoms with van der Waals surface area (Å²) in [5, 5.41) is 4.11. The zero-order valence-corrected chi connectivity index (χ0v) is 11.2. The van der Waals surface area contributed by atoms with Gasteiger partial charge in [0.05, 0.1) is 6.20 Å². The van der Waals surface area contributed by atoms with Gasteiger partial charge in [-0.15, -0.1) is 11.8 Å². The zero-order chi connectivity index (χ0) is 13.0. The number of nitrogens with zero attached hydrogens (tertiary/aromatic N) is 2. The summed E-state index contributed by atoms with van der Waals surface area (Å²) in [5.41, 5.74) is 5.01. The van der Waals surface area contributed by atoms with Crippen LogP contribution in [-0.2, 0) is 4.79 Å². The van der Waals surface area contributed by atoms with E-state index in [1.54, 1.807) is 18.6 Å². The first-order chi connectivity index (χ1) is 8.69. The van der Waals surface area contributed by atoms with E-state index in [2.05, 4.69) is 15.3 Å². The number of amides is 1. The molecule has 0 aromatic carbocycles. The van der Waals surface area contributed by atoms with Gasteiger partial charge >= 0.3 is 0 Å². The molecule has 18 heavy (non-hydrogen) atoms. The van der Waals surface area contributed by atoms with Gasteiger partial charge in [0.2, 0.25) is 5.91 Å². The molecule has 1 amide bonds. The van der Waals surface area contributed by atoms with E-state index in [0.717, 1.165) is 24.4 Å². The highest BCUT2D eigenvalue weighted by molar-refractivity contribution is 7.99. The van der Waals surface area contributed by atoms with Crippen molar-refractivity contribution in [2.45, 2.75) is 30.3 Å². The quantitative estimate of drug-likeness (QED) is 0.714. The third-order valence-electron chi connectivity index (χ3n) is 3.19. The van der Waals surface area contributed by atoms with Crippen molar-refractivity contribution in [1.29, 1.82) is 0 Å². The fourth-order valence-corrected chi connectivity index (χ4v) is 3.24. The Morgan fingerprint density at radius 2 is 2.39 bits per heavy atom. The summed E-state index contributed by atoms with van der Waals surface area (Å²) in [7, 11) is 0. The number of carbonyl (C=O) groups excluding carboxylic acids is 1. The maximum absolute atomic E-state index is 11.8. The second-order valence-electron chi connectivity index (χ2n) is 4.47. The molecule has 1 aromatic rings. The molecule has 1 aromatic heterocycles. The van der Waals surface area contributed by atoms with E-state index >= 15 is 0 Å². The van der Waals surface area contributed by atoms with Crippen LogP contribution >= 0.6 is 11.8 Å². The van der Waals surface area contributed by atoms with Crippen molar-refractivity contribution in [3.63, 3.8) is 0 Å². The molecule has 0 saturated heterocycles. The van der Waals surface area contributed by atoms with Gasteiger partial charge in [-0.2, -0.15) is 0 Å². The highest BCUT2D eigenvalue weighted by Crippen LogP contribution is 2.42. The molecule has 1 fully saturated rings. The summed E-state index contributed by atoms with van der Waals surface area (Å²) in [6.07, 6.45) is 7.12. The lowest BCUT2D eigenvalue weighted by atomic mass is 9.94. The van der Waals surface area contributed by atoms with Gasteiger partial charge in [-0.25, -0.2) is 4.98 Å². The van der Waals surface area contributed by atoms with Crippen LogP contribution in [0.2, 0.25) is 0 Å². The van der Waals surface area contributed by atoms with Crippen LogP contribution < -0.4 is 11.1 Å². The number of carbonyl (C=O) groups is 1. The number of likely N-dealkylation sites (N-methyl/N-ethyl adjacent to an activating group) is 1. The number of nitrogens with two attached hydrogens (primary N) is 1. The van der Waals surface area contributed by atoms with Crippen molar-refractivity contribution in [2.75, 3.05) is 12.3 Å². The van der Waals surface area contributed by atoms with Gasteiger partial charge in [0.1, 0.15) is 10.6 Å². The molecule has 1 aliphatic rings. The van der Waals surface area contributed by atoms with Crippen molar-refractivity contribution in [2.24, 2.45) is 11.7 Å². The van der Waals surface area contributed by atoms with Gasteiger partial charge in [0, 0.05) is 18.1 Å². The second-order valence-corrected chi connectivity index (χ2v) is 5.47. The Morgan fingerprint density at radius 1 is 1.61 bits per heavy atom. The van der Waals surface area contributed by atoms with Crippen LogP contribution in [0.1, 0.15) is 19.8 Å². The van der Waals surface area contributed by atoms with E-state index in [-0.39, 0.29) is 5.91 Å². The van der Waals surface area contributed by atoms with E-state index < -0.39 is 5.54 Å². The molecule has 5 nitrogen and oxygen atoms in total. The van der Waals surface area contributed by atoms with Crippen LogP contribution in [0.15, 0.2) is 23.6 Å². The van der Waals surface area contributed by atoms with Crippen molar-refractivity contribution in [3.8, 4) is 0 Å². The summed E-state index contributed by atoms with van der Waals surface area (Å²) in [6.45, 7) is 2.73. The van der Waals surface area contributed by atoms with E-state index in [9.17, 15) is 4.79 Å². The molecule has 0 radical (unpaired) electrons. The third kappa shape index (κ3) is 2.81. The maximum Gasteiger partial charge on any atom is 0.238 e. The monoisotopic (exact) mass is 266 g/mol. The first kappa shape index (κ1) is 13.3. The molecule has 1 atom stereocenters. The first-order valence-electron chi connectivity index (χ1n) is 6.13. The SMILES string of the molecule is CCNC(CSc1cnccn1)(C(N)=O)C1CC1. The number of primary amides is 1. The summed E-state index contributed by atoms with van der Waals surface area (Å²) < 4.78 is 0. The molecule has 6 heteroatoms. The van der Waals surface area contributed by atoms with Gasteiger partial charge in [-0.1, -0.05) is 6.92 Å². The molecule has 0 aliphatic heterocycles. The lowest BCUT2D eigenvalue weighted by Gasteiger charge is -2.31. The molecule has 3 N–H and O–H groups in total. The van der Waals surface area contributed by atoms with Crippen LogP contribution in [0.25, 0.3) is 0 Å². The molecule has 2 rings (SSSR count). The highest BCUT2D eigenvalue weighted by atomic mass is 32.2. The number of hydrogen-bond acceptors (Lipinski definition) is 5. The number of nitrogens with one attached hydrogen (secondary N) is 1. The largest absolute Gasteiger partial charge is 0.368 e. The van der Waals surface area contributed by atoms with Crippen LogP contribution in [-0.4, -0.2) is 33.7 Å². The minimum Gasteiger partial charge on any atom is -0.368 e. The second kappa shape index (κ2) is 5.67. The molecule has 1 heterocycles. The van der Waals surface area contributed by atoms with Crippen molar-refractivity contribution < 1.29 is 4.79 Å². The average Bonchev–Trinajstić information content (AvgIpc) is 3.20. The molecule has 1 unspecified atom stereocenters. The smallest absolute Gasteiger partial charge is 0.238 e. The number of rotatable bonds is 7. The lowest BCUT2D eigenvalue weighted by molar-refractivity contribution is -0.124. The van der Waals surface area contributed by atoms with Gasteiger partial charge in [0.15, 0.2) is 0 Å². The summed E-state index contributed by atoms with van der Waals surface area (Å²) in [4.78, 5) is 20.0. The standard InChI is InChI=1S/C12H18N4OS/c1-2-16-12(11(13)17,9-3-4-9)8-18-10-7-14-5-6-15-10/h5-7,9,16H,2-4,8H2,1H3,(H2,13,17). The molecule has 98 valence electrons. The summed E-state index contributed by atoms with van der Waals surface area (Å²) in [5.74, 6) is 0.710. The Bertz CT molecular complexity index is 410. The van der Waals surface area contributed by atoms with Crippen LogP contribution in [0.4, 0.5) is 0 Å². The van der Waals surface area contributed by atoms with E-state index in [4.69, 9.17) is 5.73 Å². The molecule has 0 bridgehead atoms. The minimum absolute atomic E-state index is 0.261. The van der Waals surface area contributed by atoms with Crippen LogP contribution in [0, 0.1) is 5.92 Å². The molecule has 1 saturated carbocycles. The van der Waals surface area contributed by atoms with Crippen molar-refractivity contribution >= 4 is 17.7 Å². The minimum atomic E-state index is -0.600. The molecular weight excluding hydrogens is 248 g/mol. The van der Waals surface area contributed by atoms with Gasteiger partial charge < -0.3 is 11.1 Å².